The van der Waals surface area contributed by atoms with Crippen molar-refractivity contribution in [3.8, 4) is 5.75 Å². The van der Waals surface area contributed by atoms with Gasteiger partial charge in [-0.2, -0.15) is 5.10 Å². The number of nitrogens with zero attached hydrogens (tertiary/aromatic N) is 3. The molecule has 28 heavy (non-hydrogen) atoms. The third kappa shape index (κ3) is 5.24. The van der Waals surface area contributed by atoms with Gasteiger partial charge in [0.05, 0.1) is 26.3 Å². The van der Waals surface area contributed by atoms with Crippen molar-refractivity contribution in [2.45, 2.75) is 25.4 Å². The molecule has 8 heteroatoms. The van der Waals surface area contributed by atoms with Gasteiger partial charge in [-0.15, -0.1) is 0 Å². The van der Waals surface area contributed by atoms with E-state index in [1.165, 1.54) is 12.8 Å². The first-order chi connectivity index (χ1) is 13.7. The summed E-state index contributed by atoms with van der Waals surface area (Å²) in [4.78, 5) is 14.8. The van der Waals surface area contributed by atoms with E-state index in [4.69, 9.17) is 9.47 Å². The number of benzene rings is 1. The maximum Gasteiger partial charge on any atom is 0.320 e. The van der Waals surface area contributed by atoms with Crippen LogP contribution in [-0.2, 0) is 11.3 Å². The van der Waals surface area contributed by atoms with Gasteiger partial charge in [-0.25, -0.2) is 4.79 Å². The molecule has 2 heterocycles. The molecule has 0 saturated carbocycles. The third-order valence-corrected chi connectivity index (χ3v) is 4.94. The minimum atomic E-state index is -0.268. The predicted molar refractivity (Wildman–Crippen MR) is 108 cm³/mol. The molecule has 3 rings (SSSR count). The Morgan fingerprint density at radius 1 is 1.21 bits per heavy atom. The molecule has 1 atom stereocenters. The van der Waals surface area contributed by atoms with Gasteiger partial charge in [0.2, 0.25) is 0 Å². The summed E-state index contributed by atoms with van der Waals surface area (Å²) in [5, 5.41) is 10.1. The second-order valence-corrected chi connectivity index (χ2v) is 6.79. The van der Waals surface area contributed by atoms with Crippen molar-refractivity contribution in [2.75, 3.05) is 45.8 Å². The summed E-state index contributed by atoms with van der Waals surface area (Å²) in [5.74, 6) is 1.36. The number of anilines is 1. The summed E-state index contributed by atoms with van der Waals surface area (Å²) in [6, 6.07) is 9.58. The van der Waals surface area contributed by atoms with E-state index in [0.29, 0.717) is 25.5 Å². The van der Waals surface area contributed by atoms with Gasteiger partial charge < -0.3 is 14.8 Å². The van der Waals surface area contributed by atoms with Crippen LogP contribution < -0.4 is 15.4 Å². The molecule has 1 saturated heterocycles. The summed E-state index contributed by atoms with van der Waals surface area (Å²) in [6.07, 6.45) is 4.17. The standard InChI is InChI=1S/C20H29N5O3/c1-27-14-13-25-12-9-19(23-25)22-20(26)21-15-17(24-10-5-6-11-24)16-7-3-4-8-18(16)28-2/h3-4,7-9,12,17H,5-6,10-11,13-15H2,1-2H3,(H2,21,22,23,26). The Bertz CT molecular complexity index is 758. The number of urea groups is 1. The number of amides is 2. The fraction of sp³-hybridized carbons (Fsp3) is 0.500. The molecule has 0 aliphatic carbocycles. The lowest BCUT2D eigenvalue weighted by Gasteiger charge is -2.29. The van der Waals surface area contributed by atoms with Crippen LogP contribution in [0.5, 0.6) is 5.75 Å². The zero-order valence-corrected chi connectivity index (χ0v) is 16.6. The van der Waals surface area contributed by atoms with Crippen LogP contribution in [-0.4, -0.2) is 61.2 Å². The van der Waals surface area contributed by atoms with E-state index in [2.05, 4.69) is 26.7 Å². The van der Waals surface area contributed by atoms with Gasteiger partial charge in [0.25, 0.3) is 0 Å². The molecule has 1 fully saturated rings. The molecule has 152 valence electrons. The first-order valence-corrected chi connectivity index (χ1v) is 9.65. The highest BCUT2D eigenvalue weighted by Crippen LogP contribution is 2.31. The fourth-order valence-corrected chi connectivity index (χ4v) is 3.52. The number of carbonyl (C=O) groups is 1. The van der Waals surface area contributed by atoms with E-state index in [1.54, 1.807) is 25.0 Å². The number of hydrogen-bond donors (Lipinski definition) is 2. The minimum absolute atomic E-state index is 0.0728. The first-order valence-electron chi connectivity index (χ1n) is 9.65. The highest BCUT2D eigenvalue weighted by atomic mass is 16.5. The highest BCUT2D eigenvalue weighted by molar-refractivity contribution is 5.88. The van der Waals surface area contributed by atoms with Gasteiger partial charge in [-0.1, -0.05) is 18.2 Å². The summed E-state index contributed by atoms with van der Waals surface area (Å²) in [5.41, 5.74) is 1.09. The number of methoxy groups -OCH3 is 2. The number of para-hydroxylation sites is 1. The van der Waals surface area contributed by atoms with Crippen LogP contribution >= 0.6 is 0 Å². The van der Waals surface area contributed by atoms with E-state index in [9.17, 15) is 4.79 Å². The Labute approximate surface area is 165 Å². The van der Waals surface area contributed by atoms with Crippen LogP contribution in [0.2, 0.25) is 0 Å². The Morgan fingerprint density at radius 2 is 2.00 bits per heavy atom. The van der Waals surface area contributed by atoms with E-state index < -0.39 is 0 Å². The molecule has 2 amide bonds. The number of likely N-dealkylation sites (tertiary alicyclic amines) is 1. The smallest absolute Gasteiger partial charge is 0.320 e. The molecule has 2 aromatic rings. The Hall–Kier alpha value is -2.58. The quantitative estimate of drug-likeness (QED) is 0.691. The summed E-state index contributed by atoms with van der Waals surface area (Å²) >= 11 is 0. The molecule has 0 spiro atoms. The van der Waals surface area contributed by atoms with Crippen molar-refractivity contribution in [3.63, 3.8) is 0 Å². The monoisotopic (exact) mass is 387 g/mol. The molecule has 1 aliphatic heterocycles. The topological polar surface area (TPSA) is 80.6 Å². The molecule has 0 radical (unpaired) electrons. The lowest BCUT2D eigenvalue weighted by atomic mass is 10.0. The summed E-state index contributed by atoms with van der Waals surface area (Å²) in [7, 11) is 3.33. The van der Waals surface area contributed by atoms with E-state index in [0.717, 1.165) is 24.4 Å². The van der Waals surface area contributed by atoms with Crippen molar-refractivity contribution in [3.05, 3.63) is 42.1 Å². The molecule has 1 aliphatic rings. The summed E-state index contributed by atoms with van der Waals surface area (Å²) < 4.78 is 12.3. The Kier molecular flexibility index (Phi) is 7.27. The van der Waals surface area contributed by atoms with Crippen LogP contribution in [0.15, 0.2) is 36.5 Å². The normalized spacial score (nSPS) is 15.4. The number of rotatable bonds is 9. The lowest BCUT2D eigenvalue weighted by molar-refractivity contribution is 0.183. The molecule has 1 aromatic heterocycles. The average Bonchev–Trinajstić information content (AvgIpc) is 3.39. The SMILES string of the molecule is COCCn1ccc(NC(=O)NCC(c2ccccc2OC)N2CCCC2)n1. The second kappa shape index (κ2) is 10.1. The van der Waals surface area contributed by atoms with Crippen LogP contribution in [0, 0.1) is 0 Å². The number of aromatic nitrogens is 2. The molecular formula is C20H29N5O3. The van der Waals surface area contributed by atoms with Gasteiger partial charge in [0.15, 0.2) is 5.82 Å². The van der Waals surface area contributed by atoms with Crippen LogP contribution in [0.25, 0.3) is 0 Å². The minimum Gasteiger partial charge on any atom is -0.496 e. The van der Waals surface area contributed by atoms with Crippen LogP contribution in [0.3, 0.4) is 0 Å². The highest BCUT2D eigenvalue weighted by Gasteiger charge is 2.26. The fourth-order valence-electron chi connectivity index (χ4n) is 3.52. The average molecular weight is 387 g/mol. The molecule has 0 bridgehead atoms. The molecule has 8 nitrogen and oxygen atoms in total. The molecule has 1 aromatic carbocycles. The maximum absolute atomic E-state index is 12.4. The van der Waals surface area contributed by atoms with Crippen LogP contribution in [0.4, 0.5) is 10.6 Å². The van der Waals surface area contributed by atoms with E-state index in [1.807, 2.05) is 24.4 Å². The zero-order valence-electron chi connectivity index (χ0n) is 16.6. The summed E-state index contributed by atoms with van der Waals surface area (Å²) in [6.45, 7) is 3.76. The van der Waals surface area contributed by atoms with Gasteiger partial charge in [-0.05, 0) is 32.0 Å². The van der Waals surface area contributed by atoms with Crippen molar-refractivity contribution in [1.82, 2.24) is 20.0 Å². The largest absolute Gasteiger partial charge is 0.496 e. The van der Waals surface area contributed by atoms with Gasteiger partial charge >= 0.3 is 6.03 Å². The zero-order chi connectivity index (χ0) is 19.8. The number of ether oxygens (including phenoxy) is 2. The number of hydrogen-bond acceptors (Lipinski definition) is 5. The Balaban J connectivity index is 1.61. The van der Waals surface area contributed by atoms with Crippen molar-refractivity contribution >= 4 is 11.8 Å². The number of carbonyl (C=O) groups excluding carboxylic acids is 1. The first kappa shape index (κ1) is 20.2. The third-order valence-electron chi connectivity index (χ3n) is 4.94. The van der Waals surface area contributed by atoms with Crippen molar-refractivity contribution in [1.29, 1.82) is 0 Å². The van der Waals surface area contributed by atoms with E-state index >= 15 is 0 Å². The molecular weight excluding hydrogens is 358 g/mol. The van der Waals surface area contributed by atoms with Gasteiger partial charge in [0, 0.05) is 31.5 Å². The van der Waals surface area contributed by atoms with Crippen molar-refractivity contribution < 1.29 is 14.3 Å². The molecule has 2 N–H and O–H groups in total. The number of nitrogens with one attached hydrogen (secondary N) is 2. The maximum atomic E-state index is 12.4. The van der Waals surface area contributed by atoms with Gasteiger partial charge in [-0.3, -0.25) is 14.9 Å². The predicted octanol–water partition coefficient (Wildman–Crippen LogP) is 2.50. The van der Waals surface area contributed by atoms with Gasteiger partial charge in [0.1, 0.15) is 5.75 Å². The molecule has 1 unspecified atom stereocenters. The van der Waals surface area contributed by atoms with E-state index in [-0.39, 0.29) is 12.1 Å². The lowest BCUT2D eigenvalue weighted by Crippen LogP contribution is -2.38. The second-order valence-electron chi connectivity index (χ2n) is 6.79. The van der Waals surface area contributed by atoms with Crippen molar-refractivity contribution in [2.24, 2.45) is 0 Å². The van der Waals surface area contributed by atoms with Crippen LogP contribution in [0.1, 0.15) is 24.4 Å². The Morgan fingerprint density at radius 3 is 2.75 bits per heavy atom.